The van der Waals surface area contributed by atoms with E-state index in [4.69, 9.17) is 0 Å². The molecule has 0 spiro atoms. The first-order chi connectivity index (χ1) is 10.4. The summed E-state index contributed by atoms with van der Waals surface area (Å²) in [5, 5.41) is 0. The summed E-state index contributed by atoms with van der Waals surface area (Å²) < 4.78 is 22.2. The van der Waals surface area contributed by atoms with Crippen LogP contribution >= 0.6 is 0 Å². The van der Waals surface area contributed by atoms with Gasteiger partial charge in [-0.05, 0) is 37.2 Å². The van der Waals surface area contributed by atoms with Crippen molar-refractivity contribution >= 4 is 15.7 Å². The largest absolute Gasteiger partial charge is 0.343 e. The number of carbonyl (C=O) groups excluding carboxylic acids is 1. The van der Waals surface area contributed by atoms with Crippen molar-refractivity contribution in [1.29, 1.82) is 0 Å². The summed E-state index contributed by atoms with van der Waals surface area (Å²) in [6.45, 7) is 1.53. The number of hydrogen-bond donors (Lipinski definition) is 0. The molecule has 4 nitrogen and oxygen atoms in total. The van der Waals surface area contributed by atoms with Gasteiger partial charge >= 0.3 is 0 Å². The third kappa shape index (κ3) is 5.79. The van der Waals surface area contributed by atoms with E-state index < -0.39 is 9.84 Å². The number of piperidine rings is 1. The summed E-state index contributed by atoms with van der Waals surface area (Å²) in [5.74, 6) is 0.603. The minimum Gasteiger partial charge on any atom is -0.343 e. The maximum Gasteiger partial charge on any atom is 0.223 e. The number of rotatable bonds is 6. The number of hydrogen-bond acceptors (Lipinski definition) is 3. The van der Waals surface area contributed by atoms with E-state index in [1.165, 1.54) is 11.8 Å². The highest BCUT2D eigenvalue weighted by Crippen LogP contribution is 2.22. The Labute approximate surface area is 133 Å². The zero-order valence-corrected chi connectivity index (χ0v) is 14.0. The fourth-order valence-electron chi connectivity index (χ4n) is 2.92. The molecule has 0 bridgehead atoms. The molecular formula is C17H25NO3S. The van der Waals surface area contributed by atoms with Gasteiger partial charge in [0.1, 0.15) is 9.84 Å². The zero-order chi connectivity index (χ0) is 16.0. The maximum absolute atomic E-state index is 12.0. The second-order valence-electron chi connectivity index (χ2n) is 6.23. The predicted molar refractivity (Wildman–Crippen MR) is 88.4 cm³/mol. The second kappa shape index (κ2) is 7.77. The van der Waals surface area contributed by atoms with E-state index in [1.54, 1.807) is 0 Å². The summed E-state index contributed by atoms with van der Waals surface area (Å²) in [4.78, 5) is 13.8. The molecule has 1 aliphatic heterocycles. The van der Waals surface area contributed by atoms with Crippen molar-refractivity contribution in [2.75, 3.05) is 25.1 Å². The highest BCUT2D eigenvalue weighted by atomic mass is 32.2. The van der Waals surface area contributed by atoms with Gasteiger partial charge in [0.2, 0.25) is 5.91 Å². The van der Waals surface area contributed by atoms with Gasteiger partial charge in [-0.2, -0.15) is 0 Å². The molecule has 1 amide bonds. The third-order valence-electron chi connectivity index (χ3n) is 4.34. The standard InChI is InChI=1S/C17H25NO3S/c1-22(20,21)14-11-17(19)18-12-9-16(10-13-18)8-7-15-5-3-2-4-6-15/h2-6,16H,7-14H2,1H3. The van der Waals surface area contributed by atoms with Crippen LogP contribution < -0.4 is 0 Å². The Hall–Kier alpha value is -1.36. The lowest BCUT2D eigenvalue weighted by Crippen LogP contribution is -2.39. The van der Waals surface area contributed by atoms with Gasteiger partial charge in [0.25, 0.3) is 0 Å². The van der Waals surface area contributed by atoms with Crippen LogP contribution in [0.15, 0.2) is 30.3 Å². The Balaban J connectivity index is 1.70. The first-order valence-corrected chi connectivity index (χ1v) is 9.99. The SMILES string of the molecule is CS(=O)(=O)CCC(=O)N1CCC(CCc2ccccc2)CC1. The highest BCUT2D eigenvalue weighted by Gasteiger charge is 2.23. The van der Waals surface area contributed by atoms with Gasteiger partial charge in [0, 0.05) is 25.8 Å². The van der Waals surface area contributed by atoms with E-state index in [-0.39, 0.29) is 18.1 Å². The van der Waals surface area contributed by atoms with Crippen molar-refractivity contribution in [1.82, 2.24) is 4.90 Å². The number of sulfone groups is 1. The van der Waals surface area contributed by atoms with Crippen LogP contribution in [0.5, 0.6) is 0 Å². The van der Waals surface area contributed by atoms with Gasteiger partial charge in [-0.25, -0.2) is 8.42 Å². The minimum absolute atomic E-state index is 0.0214. The number of carbonyl (C=O) groups is 1. The number of nitrogens with zero attached hydrogens (tertiary/aromatic N) is 1. The molecular weight excluding hydrogens is 298 g/mol. The topological polar surface area (TPSA) is 54.5 Å². The molecule has 0 unspecified atom stereocenters. The van der Waals surface area contributed by atoms with Gasteiger partial charge in [-0.3, -0.25) is 4.79 Å². The second-order valence-corrected chi connectivity index (χ2v) is 8.49. The van der Waals surface area contributed by atoms with Crippen LogP contribution in [0.25, 0.3) is 0 Å². The molecule has 22 heavy (non-hydrogen) atoms. The predicted octanol–water partition coefficient (Wildman–Crippen LogP) is 2.29. The molecule has 0 saturated carbocycles. The molecule has 1 aliphatic rings. The third-order valence-corrected chi connectivity index (χ3v) is 5.28. The molecule has 0 N–H and O–H groups in total. The van der Waals surface area contributed by atoms with Crippen LogP contribution in [-0.2, 0) is 21.1 Å². The lowest BCUT2D eigenvalue weighted by atomic mass is 9.90. The summed E-state index contributed by atoms with van der Waals surface area (Å²) >= 11 is 0. The average Bonchev–Trinajstić information content (AvgIpc) is 2.51. The van der Waals surface area contributed by atoms with Crippen molar-refractivity contribution < 1.29 is 13.2 Å². The molecule has 1 heterocycles. The average molecular weight is 323 g/mol. The molecule has 0 aliphatic carbocycles. The molecule has 1 aromatic rings. The van der Waals surface area contributed by atoms with Gasteiger partial charge in [0.15, 0.2) is 0 Å². The van der Waals surface area contributed by atoms with Gasteiger partial charge < -0.3 is 4.90 Å². The highest BCUT2D eigenvalue weighted by molar-refractivity contribution is 7.90. The van der Waals surface area contributed by atoms with Crippen molar-refractivity contribution in [3.8, 4) is 0 Å². The molecule has 0 aromatic heterocycles. The number of amides is 1. The molecule has 2 rings (SSSR count). The fraction of sp³-hybridized carbons (Fsp3) is 0.588. The fourth-order valence-corrected chi connectivity index (χ4v) is 3.46. The summed E-state index contributed by atoms with van der Waals surface area (Å²) in [6, 6.07) is 10.5. The summed E-state index contributed by atoms with van der Waals surface area (Å²) in [6.07, 6.45) is 5.60. The number of benzene rings is 1. The van der Waals surface area contributed by atoms with Crippen LogP contribution in [0.3, 0.4) is 0 Å². The van der Waals surface area contributed by atoms with Crippen LogP contribution in [0.4, 0.5) is 0 Å². The van der Waals surface area contributed by atoms with Gasteiger partial charge in [-0.1, -0.05) is 30.3 Å². The quantitative estimate of drug-likeness (QED) is 0.807. The van der Waals surface area contributed by atoms with Gasteiger partial charge in [0.05, 0.1) is 5.75 Å². The molecule has 1 fully saturated rings. The summed E-state index contributed by atoms with van der Waals surface area (Å²) in [7, 11) is -3.06. The van der Waals surface area contributed by atoms with Crippen molar-refractivity contribution in [3.63, 3.8) is 0 Å². The van der Waals surface area contributed by atoms with E-state index in [2.05, 4.69) is 24.3 Å². The summed E-state index contributed by atoms with van der Waals surface area (Å²) in [5.41, 5.74) is 1.37. The number of likely N-dealkylation sites (tertiary alicyclic amines) is 1. The van der Waals surface area contributed by atoms with E-state index in [0.29, 0.717) is 5.92 Å². The van der Waals surface area contributed by atoms with Crippen LogP contribution in [-0.4, -0.2) is 44.3 Å². The van der Waals surface area contributed by atoms with E-state index in [9.17, 15) is 13.2 Å². The van der Waals surface area contributed by atoms with Gasteiger partial charge in [-0.15, -0.1) is 0 Å². The van der Waals surface area contributed by atoms with Crippen molar-refractivity contribution in [2.45, 2.75) is 32.1 Å². The van der Waals surface area contributed by atoms with Crippen molar-refractivity contribution in [2.24, 2.45) is 5.92 Å². The monoisotopic (exact) mass is 323 g/mol. The van der Waals surface area contributed by atoms with Crippen LogP contribution in [0, 0.1) is 5.92 Å². The van der Waals surface area contributed by atoms with Crippen LogP contribution in [0.1, 0.15) is 31.2 Å². The molecule has 1 saturated heterocycles. The van der Waals surface area contributed by atoms with Crippen molar-refractivity contribution in [3.05, 3.63) is 35.9 Å². The maximum atomic E-state index is 12.0. The molecule has 1 aromatic carbocycles. The Kier molecular flexibility index (Phi) is 6.00. The minimum atomic E-state index is -3.06. The van der Waals surface area contributed by atoms with E-state index in [0.717, 1.165) is 38.8 Å². The Morgan fingerprint density at radius 1 is 1.18 bits per heavy atom. The zero-order valence-electron chi connectivity index (χ0n) is 13.2. The normalized spacial score (nSPS) is 16.7. The van der Waals surface area contributed by atoms with E-state index in [1.807, 2.05) is 11.0 Å². The Morgan fingerprint density at radius 3 is 2.41 bits per heavy atom. The lowest BCUT2D eigenvalue weighted by molar-refractivity contribution is -0.132. The lowest BCUT2D eigenvalue weighted by Gasteiger charge is -2.32. The smallest absolute Gasteiger partial charge is 0.223 e. The number of aryl methyl sites for hydroxylation is 1. The molecule has 122 valence electrons. The molecule has 0 atom stereocenters. The molecule has 5 heteroatoms. The Bertz CT molecular complexity index is 575. The van der Waals surface area contributed by atoms with Crippen LogP contribution in [0.2, 0.25) is 0 Å². The molecule has 0 radical (unpaired) electrons. The first-order valence-electron chi connectivity index (χ1n) is 7.93. The Morgan fingerprint density at radius 2 is 1.82 bits per heavy atom. The van der Waals surface area contributed by atoms with E-state index >= 15 is 0 Å². The first kappa shape index (κ1) is 17.0.